The summed E-state index contributed by atoms with van der Waals surface area (Å²) in [5.41, 5.74) is 11.3. The average molecular weight is 271 g/mol. The van der Waals surface area contributed by atoms with Crippen LogP contribution in [-0.2, 0) is 5.75 Å². The molecule has 2 N–H and O–H groups in total. The molecule has 0 fully saturated rings. The van der Waals surface area contributed by atoms with Gasteiger partial charge in [-0.1, -0.05) is 54.1 Å². The van der Waals surface area contributed by atoms with Crippen LogP contribution in [0, 0.1) is 13.8 Å². The Morgan fingerprint density at radius 2 is 1.68 bits per heavy atom. The Hall–Kier alpha value is -1.25. The van der Waals surface area contributed by atoms with Crippen LogP contribution in [0.5, 0.6) is 0 Å². The Kier molecular flexibility index (Phi) is 5.06. The molecule has 0 aliphatic heterocycles. The summed E-state index contributed by atoms with van der Waals surface area (Å²) in [6.45, 7) is 4.96. The maximum absolute atomic E-state index is 5.92. The van der Waals surface area contributed by atoms with Gasteiger partial charge in [0.25, 0.3) is 0 Å². The molecule has 1 unspecified atom stereocenters. The molecule has 19 heavy (non-hydrogen) atoms. The number of thioether (sulfide) groups is 1. The zero-order valence-corrected chi connectivity index (χ0v) is 12.4. The van der Waals surface area contributed by atoms with Gasteiger partial charge in [-0.15, -0.1) is 11.8 Å². The van der Waals surface area contributed by atoms with E-state index in [1.807, 2.05) is 11.8 Å². The lowest BCUT2D eigenvalue weighted by Crippen LogP contribution is -2.09. The van der Waals surface area contributed by atoms with Crippen LogP contribution < -0.4 is 5.73 Å². The topological polar surface area (TPSA) is 26.0 Å². The van der Waals surface area contributed by atoms with Crippen molar-refractivity contribution in [1.29, 1.82) is 0 Å². The van der Waals surface area contributed by atoms with Crippen LogP contribution in [0.2, 0.25) is 0 Å². The second kappa shape index (κ2) is 6.78. The third kappa shape index (κ3) is 3.85. The fraction of sp³-hybridized carbons (Fsp3) is 0.294. The minimum Gasteiger partial charge on any atom is -0.329 e. The zero-order chi connectivity index (χ0) is 13.7. The van der Waals surface area contributed by atoms with E-state index in [9.17, 15) is 0 Å². The first kappa shape index (κ1) is 14.2. The van der Waals surface area contributed by atoms with E-state index in [0.29, 0.717) is 11.8 Å². The summed E-state index contributed by atoms with van der Waals surface area (Å²) in [5.74, 6) is 1.02. The number of rotatable bonds is 5. The van der Waals surface area contributed by atoms with E-state index in [2.05, 4.69) is 62.4 Å². The summed E-state index contributed by atoms with van der Waals surface area (Å²) in [5, 5.41) is 0.375. The highest BCUT2D eigenvalue weighted by Crippen LogP contribution is 2.31. The molecule has 0 radical (unpaired) electrons. The quantitative estimate of drug-likeness (QED) is 0.880. The summed E-state index contributed by atoms with van der Waals surface area (Å²) in [6.07, 6.45) is 0. The molecule has 0 bridgehead atoms. The first-order chi connectivity index (χ1) is 9.20. The van der Waals surface area contributed by atoms with Gasteiger partial charge < -0.3 is 5.73 Å². The minimum atomic E-state index is 0.375. The van der Waals surface area contributed by atoms with Crippen molar-refractivity contribution >= 4 is 11.8 Å². The molecule has 2 heteroatoms. The standard InChI is InChI=1S/C17H21NS/c1-13-7-9-15(10-8-13)17(11-18)19-12-16-6-4-3-5-14(16)2/h3-10,17H,11-12,18H2,1-2H3. The molecule has 0 aliphatic rings. The third-order valence-electron chi connectivity index (χ3n) is 3.36. The van der Waals surface area contributed by atoms with E-state index in [-0.39, 0.29) is 0 Å². The van der Waals surface area contributed by atoms with Gasteiger partial charge in [0.1, 0.15) is 0 Å². The number of hydrogen-bond donors (Lipinski definition) is 1. The fourth-order valence-corrected chi connectivity index (χ4v) is 3.23. The predicted octanol–water partition coefficient (Wildman–Crippen LogP) is 4.24. The maximum Gasteiger partial charge on any atom is 0.0422 e. The SMILES string of the molecule is Cc1ccc(C(CN)SCc2ccccc2C)cc1. The molecule has 0 amide bonds. The monoisotopic (exact) mass is 271 g/mol. The van der Waals surface area contributed by atoms with E-state index >= 15 is 0 Å². The van der Waals surface area contributed by atoms with Gasteiger partial charge in [-0.25, -0.2) is 0 Å². The van der Waals surface area contributed by atoms with Gasteiger partial charge in [0, 0.05) is 17.5 Å². The molecule has 0 spiro atoms. The van der Waals surface area contributed by atoms with Gasteiger partial charge in [0.15, 0.2) is 0 Å². The van der Waals surface area contributed by atoms with E-state index < -0.39 is 0 Å². The molecule has 1 atom stereocenters. The average Bonchev–Trinajstić information content (AvgIpc) is 2.43. The largest absolute Gasteiger partial charge is 0.329 e. The van der Waals surface area contributed by atoms with Gasteiger partial charge >= 0.3 is 0 Å². The molecule has 0 saturated carbocycles. The normalized spacial score (nSPS) is 12.4. The highest BCUT2D eigenvalue weighted by atomic mass is 32.2. The lowest BCUT2D eigenvalue weighted by molar-refractivity contribution is 0.939. The van der Waals surface area contributed by atoms with Crippen LogP contribution in [0.25, 0.3) is 0 Å². The molecule has 0 saturated heterocycles. The van der Waals surface area contributed by atoms with Crippen LogP contribution in [0.1, 0.15) is 27.5 Å². The molecule has 0 heterocycles. The van der Waals surface area contributed by atoms with Crippen LogP contribution in [0.3, 0.4) is 0 Å². The molecule has 2 rings (SSSR count). The number of aryl methyl sites for hydroxylation is 2. The Morgan fingerprint density at radius 1 is 1.00 bits per heavy atom. The Morgan fingerprint density at radius 3 is 2.32 bits per heavy atom. The number of hydrogen-bond acceptors (Lipinski definition) is 2. The van der Waals surface area contributed by atoms with Crippen LogP contribution in [-0.4, -0.2) is 6.54 Å². The molecule has 1 nitrogen and oxygen atoms in total. The van der Waals surface area contributed by atoms with E-state index in [4.69, 9.17) is 5.73 Å². The Balaban J connectivity index is 2.04. The molecular formula is C17H21NS. The van der Waals surface area contributed by atoms with Crippen molar-refractivity contribution in [2.45, 2.75) is 24.9 Å². The van der Waals surface area contributed by atoms with Crippen molar-refractivity contribution < 1.29 is 0 Å². The summed E-state index contributed by atoms with van der Waals surface area (Å²) in [6, 6.07) is 17.3. The van der Waals surface area contributed by atoms with Gasteiger partial charge in [-0.2, -0.15) is 0 Å². The molecule has 100 valence electrons. The first-order valence-corrected chi connectivity index (χ1v) is 7.68. The van der Waals surface area contributed by atoms with Crippen LogP contribution >= 0.6 is 11.8 Å². The highest BCUT2D eigenvalue weighted by molar-refractivity contribution is 7.98. The van der Waals surface area contributed by atoms with Gasteiger partial charge in [0.05, 0.1) is 0 Å². The lowest BCUT2D eigenvalue weighted by Gasteiger charge is -2.16. The Labute approximate surface area is 120 Å². The number of nitrogens with two attached hydrogens (primary N) is 1. The fourth-order valence-electron chi connectivity index (χ4n) is 2.04. The highest BCUT2D eigenvalue weighted by Gasteiger charge is 2.10. The van der Waals surface area contributed by atoms with E-state index in [1.54, 1.807) is 0 Å². The van der Waals surface area contributed by atoms with E-state index in [1.165, 1.54) is 22.3 Å². The van der Waals surface area contributed by atoms with Crippen molar-refractivity contribution in [3.8, 4) is 0 Å². The van der Waals surface area contributed by atoms with Crippen molar-refractivity contribution in [2.24, 2.45) is 5.73 Å². The van der Waals surface area contributed by atoms with Gasteiger partial charge in [-0.3, -0.25) is 0 Å². The molecule has 0 aliphatic carbocycles. The molecule has 0 aromatic heterocycles. The van der Waals surface area contributed by atoms with E-state index in [0.717, 1.165) is 5.75 Å². The van der Waals surface area contributed by atoms with Crippen molar-refractivity contribution in [1.82, 2.24) is 0 Å². The summed E-state index contributed by atoms with van der Waals surface area (Å²) in [4.78, 5) is 0. The number of benzene rings is 2. The van der Waals surface area contributed by atoms with Crippen LogP contribution in [0.4, 0.5) is 0 Å². The molecule has 2 aromatic carbocycles. The molecule has 2 aromatic rings. The predicted molar refractivity (Wildman–Crippen MR) is 85.4 cm³/mol. The second-order valence-corrected chi connectivity index (χ2v) is 6.06. The minimum absolute atomic E-state index is 0.375. The molecular weight excluding hydrogens is 250 g/mol. The van der Waals surface area contributed by atoms with Crippen molar-refractivity contribution in [2.75, 3.05) is 6.54 Å². The van der Waals surface area contributed by atoms with Crippen LogP contribution in [0.15, 0.2) is 48.5 Å². The van der Waals surface area contributed by atoms with Gasteiger partial charge in [0.2, 0.25) is 0 Å². The second-order valence-electron chi connectivity index (χ2n) is 4.87. The lowest BCUT2D eigenvalue weighted by atomic mass is 10.1. The maximum atomic E-state index is 5.92. The summed E-state index contributed by atoms with van der Waals surface area (Å²) >= 11 is 1.92. The summed E-state index contributed by atoms with van der Waals surface area (Å²) < 4.78 is 0. The zero-order valence-electron chi connectivity index (χ0n) is 11.6. The third-order valence-corrected chi connectivity index (χ3v) is 4.71. The summed E-state index contributed by atoms with van der Waals surface area (Å²) in [7, 11) is 0. The smallest absolute Gasteiger partial charge is 0.0422 e. The van der Waals surface area contributed by atoms with Gasteiger partial charge in [-0.05, 0) is 30.5 Å². The first-order valence-electron chi connectivity index (χ1n) is 6.63. The van der Waals surface area contributed by atoms with Crippen molar-refractivity contribution in [3.63, 3.8) is 0 Å². The Bertz CT molecular complexity index is 519. The van der Waals surface area contributed by atoms with Crippen molar-refractivity contribution in [3.05, 3.63) is 70.8 Å².